The average Bonchev–Trinajstić information content (AvgIpc) is 2.38. The zero-order valence-electron chi connectivity index (χ0n) is 11.0. The van der Waals surface area contributed by atoms with Crippen LogP contribution in [0.1, 0.15) is 30.8 Å². The molecule has 6 heteroatoms. The number of ether oxygens (including phenoxy) is 1. The summed E-state index contributed by atoms with van der Waals surface area (Å²) in [7, 11) is 1.31. The Balaban J connectivity index is 2.94. The lowest BCUT2D eigenvalue weighted by atomic mass is 10.3. The predicted molar refractivity (Wildman–Crippen MR) is 67.6 cm³/mol. The first-order chi connectivity index (χ1) is 8.60. The minimum Gasteiger partial charge on any atom is -0.464 e. The number of esters is 1. The van der Waals surface area contributed by atoms with Crippen LogP contribution in [-0.2, 0) is 4.74 Å². The fourth-order valence-corrected chi connectivity index (χ4v) is 1.58. The van der Waals surface area contributed by atoms with Crippen LogP contribution >= 0.6 is 0 Å². The van der Waals surface area contributed by atoms with E-state index in [-0.39, 0.29) is 18.3 Å². The molecule has 1 N–H and O–H groups in total. The van der Waals surface area contributed by atoms with E-state index in [1.807, 2.05) is 18.7 Å². The molecule has 0 saturated heterocycles. The lowest BCUT2D eigenvalue weighted by Crippen LogP contribution is -2.33. The van der Waals surface area contributed by atoms with Crippen LogP contribution in [-0.4, -0.2) is 47.3 Å². The van der Waals surface area contributed by atoms with E-state index in [1.54, 1.807) is 6.20 Å². The van der Waals surface area contributed by atoms with Crippen LogP contribution < -0.4 is 4.90 Å². The quantitative estimate of drug-likeness (QED) is 0.758. The number of hydrogen-bond acceptors (Lipinski definition) is 6. The van der Waals surface area contributed by atoms with Gasteiger partial charge in [-0.3, -0.25) is 4.98 Å². The number of nitrogens with zero attached hydrogens (tertiary/aromatic N) is 3. The average molecular weight is 253 g/mol. The highest BCUT2D eigenvalue weighted by molar-refractivity contribution is 5.87. The van der Waals surface area contributed by atoms with Crippen molar-refractivity contribution in [2.45, 2.75) is 26.3 Å². The Labute approximate surface area is 107 Å². The molecular weight excluding hydrogens is 234 g/mol. The second-order valence-corrected chi connectivity index (χ2v) is 4.12. The fourth-order valence-electron chi connectivity index (χ4n) is 1.58. The van der Waals surface area contributed by atoms with Gasteiger partial charge in [0.05, 0.1) is 19.5 Å². The van der Waals surface area contributed by atoms with E-state index in [0.29, 0.717) is 18.8 Å². The van der Waals surface area contributed by atoms with Gasteiger partial charge in [0.15, 0.2) is 5.69 Å². The number of aliphatic hydroxyl groups excluding tert-OH is 1. The third-order valence-electron chi connectivity index (χ3n) is 2.49. The number of carbonyl (C=O) groups is 1. The highest BCUT2D eigenvalue weighted by Gasteiger charge is 2.15. The van der Waals surface area contributed by atoms with Gasteiger partial charge < -0.3 is 14.7 Å². The van der Waals surface area contributed by atoms with Crippen molar-refractivity contribution in [3.05, 3.63) is 18.1 Å². The molecule has 18 heavy (non-hydrogen) atoms. The largest absolute Gasteiger partial charge is 0.464 e. The van der Waals surface area contributed by atoms with Crippen molar-refractivity contribution in [2.24, 2.45) is 0 Å². The van der Waals surface area contributed by atoms with Gasteiger partial charge in [-0.2, -0.15) is 0 Å². The summed E-state index contributed by atoms with van der Waals surface area (Å²) >= 11 is 0. The van der Waals surface area contributed by atoms with Gasteiger partial charge in [-0.1, -0.05) is 0 Å². The summed E-state index contributed by atoms with van der Waals surface area (Å²) in [5, 5.41) is 8.89. The van der Waals surface area contributed by atoms with Crippen molar-refractivity contribution in [3.63, 3.8) is 0 Å². The van der Waals surface area contributed by atoms with Crippen LogP contribution in [0.3, 0.4) is 0 Å². The molecule has 100 valence electrons. The summed E-state index contributed by atoms with van der Waals surface area (Å²) in [5.74, 6) is 0.108. The summed E-state index contributed by atoms with van der Waals surface area (Å²) in [4.78, 5) is 21.6. The molecule has 1 aromatic rings. The van der Waals surface area contributed by atoms with E-state index in [1.165, 1.54) is 13.3 Å². The van der Waals surface area contributed by atoms with E-state index in [2.05, 4.69) is 14.7 Å². The molecule has 1 aromatic heterocycles. The maximum absolute atomic E-state index is 11.4. The molecule has 1 rings (SSSR count). The van der Waals surface area contributed by atoms with Gasteiger partial charge in [0.25, 0.3) is 0 Å². The van der Waals surface area contributed by atoms with Crippen LogP contribution in [0.5, 0.6) is 0 Å². The molecular formula is C12H19N3O3. The Morgan fingerprint density at radius 3 is 2.78 bits per heavy atom. The Morgan fingerprint density at radius 2 is 2.22 bits per heavy atom. The van der Waals surface area contributed by atoms with Gasteiger partial charge in [-0.05, 0) is 20.3 Å². The maximum Gasteiger partial charge on any atom is 0.358 e. The Hall–Kier alpha value is -1.69. The number of hydrogen-bond donors (Lipinski definition) is 1. The van der Waals surface area contributed by atoms with E-state index < -0.39 is 5.97 Å². The topological polar surface area (TPSA) is 75.5 Å². The molecule has 0 aromatic carbocycles. The molecule has 0 fully saturated rings. The van der Waals surface area contributed by atoms with E-state index in [9.17, 15) is 4.79 Å². The van der Waals surface area contributed by atoms with Crippen LogP contribution in [0.4, 0.5) is 5.82 Å². The van der Waals surface area contributed by atoms with Gasteiger partial charge in [0.1, 0.15) is 5.82 Å². The van der Waals surface area contributed by atoms with Crippen molar-refractivity contribution in [1.29, 1.82) is 0 Å². The number of methoxy groups -OCH3 is 1. The second-order valence-electron chi connectivity index (χ2n) is 4.12. The summed E-state index contributed by atoms with van der Waals surface area (Å²) in [6.07, 6.45) is 3.62. The summed E-state index contributed by atoms with van der Waals surface area (Å²) in [6.45, 7) is 4.81. The standard InChI is InChI=1S/C12H19N3O3/c1-9(2)15(5-4-6-16)11-8-13-7-10(14-11)12(17)18-3/h7-9,16H,4-6H2,1-3H3. The highest BCUT2D eigenvalue weighted by atomic mass is 16.5. The minimum atomic E-state index is -0.504. The Morgan fingerprint density at radius 1 is 1.50 bits per heavy atom. The van der Waals surface area contributed by atoms with E-state index in [0.717, 1.165) is 0 Å². The molecule has 0 amide bonds. The third-order valence-corrected chi connectivity index (χ3v) is 2.49. The zero-order valence-corrected chi connectivity index (χ0v) is 11.0. The molecule has 0 aliphatic carbocycles. The molecule has 0 aliphatic heterocycles. The van der Waals surface area contributed by atoms with Crippen LogP contribution in [0.25, 0.3) is 0 Å². The first kappa shape index (κ1) is 14.4. The maximum atomic E-state index is 11.4. The molecule has 0 bridgehead atoms. The molecule has 0 aliphatic rings. The SMILES string of the molecule is COC(=O)c1cncc(N(CCCO)C(C)C)n1. The number of rotatable bonds is 6. The van der Waals surface area contributed by atoms with Crippen LogP contribution in [0, 0.1) is 0 Å². The van der Waals surface area contributed by atoms with Gasteiger partial charge in [0, 0.05) is 19.2 Å². The van der Waals surface area contributed by atoms with Gasteiger partial charge >= 0.3 is 5.97 Å². The molecule has 1 heterocycles. The first-order valence-electron chi connectivity index (χ1n) is 5.88. The van der Waals surface area contributed by atoms with Crippen molar-refractivity contribution in [3.8, 4) is 0 Å². The zero-order chi connectivity index (χ0) is 13.5. The molecule has 0 unspecified atom stereocenters. The van der Waals surface area contributed by atoms with Gasteiger partial charge in [-0.15, -0.1) is 0 Å². The van der Waals surface area contributed by atoms with Gasteiger partial charge in [0.2, 0.25) is 0 Å². The van der Waals surface area contributed by atoms with E-state index >= 15 is 0 Å². The second kappa shape index (κ2) is 6.90. The Kier molecular flexibility index (Phi) is 5.51. The van der Waals surface area contributed by atoms with Crippen molar-refractivity contribution >= 4 is 11.8 Å². The number of aliphatic hydroxyl groups is 1. The highest BCUT2D eigenvalue weighted by Crippen LogP contribution is 2.14. The molecule has 6 nitrogen and oxygen atoms in total. The van der Waals surface area contributed by atoms with E-state index in [4.69, 9.17) is 5.11 Å². The number of carbonyl (C=O) groups excluding carboxylic acids is 1. The van der Waals surface area contributed by atoms with Crippen LogP contribution in [0.15, 0.2) is 12.4 Å². The smallest absolute Gasteiger partial charge is 0.358 e. The third kappa shape index (κ3) is 3.66. The Bertz CT molecular complexity index is 396. The lowest BCUT2D eigenvalue weighted by molar-refractivity contribution is 0.0593. The number of anilines is 1. The van der Waals surface area contributed by atoms with Crippen molar-refractivity contribution in [2.75, 3.05) is 25.2 Å². The molecule has 0 radical (unpaired) electrons. The minimum absolute atomic E-state index is 0.118. The summed E-state index contributed by atoms with van der Waals surface area (Å²) in [6, 6.07) is 0.207. The fraction of sp³-hybridized carbons (Fsp3) is 0.583. The van der Waals surface area contributed by atoms with Crippen molar-refractivity contribution in [1.82, 2.24) is 9.97 Å². The summed E-state index contributed by atoms with van der Waals surface area (Å²) < 4.78 is 4.61. The number of aromatic nitrogens is 2. The monoisotopic (exact) mass is 253 g/mol. The normalized spacial score (nSPS) is 10.5. The van der Waals surface area contributed by atoms with Crippen LogP contribution in [0.2, 0.25) is 0 Å². The first-order valence-corrected chi connectivity index (χ1v) is 5.88. The predicted octanol–water partition coefficient (Wildman–Crippen LogP) is 0.860. The van der Waals surface area contributed by atoms with Crippen molar-refractivity contribution < 1.29 is 14.6 Å². The molecule has 0 saturated carbocycles. The molecule has 0 spiro atoms. The lowest BCUT2D eigenvalue weighted by Gasteiger charge is -2.27. The summed E-state index contributed by atoms with van der Waals surface area (Å²) in [5.41, 5.74) is 0.185. The molecule has 0 atom stereocenters. The van der Waals surface area contributed by atoms with Gasteiger partial charge in [-0.25, -0.2) is 9.78 Å².